The van der Waals surface area contributed by atoms with Crippen LogP contribution >= 0.6 is 11.3 Å². The molecule has 0 fully saturated rings. The number of hydrogen-bond acceptors (Lipinski definition) is 3. The van der Waals surface area contributed by atoms with Crippen molar-refractivity contribution in [2.24, 2.45) is 0 Å². The number of furan rings is 1. The van der Waals surface area contributed by atoms with Crippen molar-refractivity contribution in [2.45, 2.75) is 32.8 Å². The zero-order valence-corrected chi connectivity index (χ0v) is 12.5. The number of rotatable bonds is 4. The van der Waals surface area contributed by atoms with Crippen LogP contribution in [0.1, 0.15) is 34.1 Å². The van der Waals surface area contributed by atoms with E-state index >= 15 is 0 Å². The summed E-state index contributed by atoms with van der Waals surface area (Å²) in [6.07, 6.45) is 1.19. The van der Waals surface area contributed by atoms with Crippen molar-refractivity contribution in [1.29, 1.82) is 0 Å². The van der Waals surface area contributed by atoms with E-state index in [9.17, 15) is 5.11 Å². The molecule has 2 heterocycles. The quantitative estimate of drug-likeness (QED) is 0.758. The lowest BCUT2D eigenvalue weighted by Gasteiger charge is -2.09. The zero-order chi connectivity index (χ0) is 14.1. The highest BCUT2D eigenvalue weighted by molar-refractivity contribution is 7.11. The maximum absolute atomic E-state index is 10.6. The van der Waals surface area contributed by atoms with Crippen LogP contribution < -0.4 is 0 Å². The Morgan fingerprint density at radius 2 is 1.90 bits per heavy atom. The zero-order valence-electron chi connectivity index (χ0n) is 11.7. The van der Waals surface area contributed by atoms with Crippen molar-refractivity contribution in [2.75, 3.05) is 0 Å². The van der Waals surface area contributed by atoms with Gasteiger partial charge in [0, 0.05) is 27.1 Å². The molecule has 0 aliphatic rings. The van der Waals surface area contributed by atoms with Crippen LogP contribution in [0.2, 0.25) is 0 Å². The molecule has 0 amide bonds. The summed E-state index contributed by atoms with van der Waals surface area (Å²) in [6, 6.07) is 12.1. The van der Waals surface area contributed by atoms with E-state index in [4.69, 9.17) is 4.42 Å². The van der Waals surface area contributed by atoms with Crippen LogP contribution in [0.15, 0.2) is 40.8 Å². The maximum Gasteiger partial charge on any atom is 0.134 e. The highest BCUT2D eigenvalue weighted by atomic mass is 32.1. The Balaban J connectivity index is 1.92. The van der Waals surface area contributed by atoms with Crippen LogP contribution in [0.3, 0.4) is 0 Å². The molecular weight excluding hydrogens is 268 g/mol. The van der Waals surface area contributed by atoms with Gasteiger partial charge in [0.2, 0.25) is 0 Å². The van der Waals surface area contributed by atoms with Crippen molar-refractivity contribution >= 4 is 22.3 Å². The fraction of sp³-hybridized carbons (Fsp3) is 0.294. The van der Waals surface area contributed by atoms with Crippen molar-refractivity contribution in [3.63, 3.8) is 0 Å². The first-order valence-corrected chi connectivity index (χ1v) is 7.74. The van der Waals surface area contributed by atoms with Crippen LogP contribution in [-0.4, -0.2) is 5.11 Å². The highest BCUT2D eigenvalue weighted by Gasteiger charge is 2.19. The number of aryl methyl sites for hydroxylation is 2. The molecule has 3 rings (SSSR count). The van der Waals surface area contributed by atoms with Crippen LogP contribution in [0, 0.1) is 6.92 Å². The van der Waals surface area contributed by atoms with E-state index in [1.54, 1.807) is 11.3 Å². The average molecular weight is 286 g/mol. The van der Waals surface area contributed by atoms with E-state index in [-0.39, 0.29) is 0 Å². The Morgan fingerprint density at radius 1 is 1.15 bits per heavy atom. The van der Waals surface area contributed by atoms with E-state index in [1.807, 2.05) is 31.2 Å². The van der Waals surface area contributed by atoms with Gasteiger partial charge in [0.05, 0.1) is 6.10 Å². The third kappa shape index (κ3) is 2.39. The van der Waals surface area contributed by atoms with Gasteiger partial charge in [0.25, 0.3) is 0 Å². The Morgan fingerprint density at radius 3 is 2.65 bits per heavy atom. The molecule has 1 N–H and O–H groups in total. The van der Waals surface area contributed by atoms with Gasteiger partial charge in [-0.05, 0) is 31.5 Å². The number of aliphatic hydroxyl groups is 1. The van der Waals surface area contributed by atoms with Crippen molar-refractivity contribution < 1.29 is 9.52 Å². The molecule has 1 atom stereocenters. The minimum atomic E-state index is -0.512. The summed E-state index contributed by atoms with van der Waals surface area (Å²) in [5.74, 6) is 0.811. The molecule has 0 saturated heterocycles. The minimum absolute atomic E-state index is 0.512. The molecule has 104 valence electrons. The van der Waals surface area contributed by atoms with Gasteiger partial charge < -0.3 is 9.52 Å². The first-order valence-electron chi connectivity index (χ1n) is 6.92. The van der Waals surface area contributed by atoms with Crippen molar-refractivity contribution in [3.05, 3.63) is 57.5 Å². The molecule has 0 aliphatic carbocycles. The second kappa shape index (κ2) is 5.43. The first kappa shape index (κ1) is 13.4. The Hall–Kier alpha value is -1.58. The summed E-state index contributed by atoms with van der Waals surface area (Å²) in [6.45, 7) is 4.07. The number of hydrogen-bond donors (Lipinski definition) is 1. The summed E-state index contributed by atoms with van der Waals surface area (Å²) in [5, 5.41) is 11.6. The van der Waals surface area contributed by atoms with Gasteiger partial charge in [-0.25, -0.2) is 0 Å². The molecule has 1 unspecified atom stereocenters. The van der Waals surface area contributed by atoms with Gasteiger partial charge in [0.1, 0.15) is 11.3 Å². The Kier molecular flexibility index (Phi) is 3.64. The third-order valence-electron chi connectivity index (χ3n) is 3.61. The largest absolute Gasteiger partial charge is 0.461 e. The predicted molar refractivity (Wildman–Crippen MR) is 83.3 cm³/mol. The molecule has 0 aliphatic heterocycles. The van der Waals surface area contributed by atoms with Crippen LogP contribution in [-0.2, 0) is 12.8 Å². The van der Waals surface area contributed by atoms with E-state index < -0.39 is 6.10 Å². The number of thiophene rings is 1. The van der Waals surface area contributed by atoms with Crippen LogP contribution in [0.4, 0.5) is 0 Å². The highest BCUT2D eigenvalue weighted by Crippen LogP contribution is 2.33. The number of aliphatic hydroxyl groups excluding tert-OH is 1. The molecule has 20 heavy (non-hydrogen) atoms. The monoisotopic (exact) mass is 286 g/mol. The average Bonchev–Trinajstić information content (AvgIpc) is 3.01. The standard InChI is InChI=1S/C17H18O2S/c1-3-12-8-9-13(20-12)10-15(18)17-11(2)19-16-7-5-4-6-14(16)17/h4-9,15,18H,3,10H2,1-2H3. The minimum Gasteiger partial charge on any atom is -0.461 e. The number of benzene rings is 1. The molecule has 0 saturated carbocycles. The molecule has 3 aromatic rings. The summed E-state index contributed by atoms with van der Waals surface area (Å²) < 4.78 is 5.73. The SMILES string of the molecule is CCc1ccc(CC(O)c2c(C)oc3ccccc23)s1. The van der Waals surface area contributed by atoms with E-state index in [0.717, 1.165) is 28.7 Å². The Bertz CT molecular complexity index is 724. The van der Waals surface area contributed by atoms with Crippen molar-refractivity contribution in [3.8, 4) is 0 Å². The van der Waals surface area contributed by atoms with Gasteiger partial charge in [-0.15, -0.1) is 11.3 Å². The smallest absolute Gasteiger partial charge is 0.134 e. The normalized spacial score (nSPS) is 12.9. The second-order valence-electron chi connectivity index (χ2n) is 5.01. The second-order valence-corrected chi connectivity index (χ2v) is 6.26. The summed E-state index contributed by atoms with van der Waals surface area (Å²) in [7, 11) is 0. The molecule has 1 aromatic carbocycles. The summed E-state index contributed by atoms with van der Waals surface area (Å²) in [4.78, 5) is 2.58. The van der Waals surface area contributed by atoms with E-state index in [0.29, 0.717) is 6.42 Å². The van der Waals surface area contributed by atoms with Gasteiger partial charge in [-0.2, -0.15) is 0 Å². The number of fused-ring (bicyclic) bond motifs is 1. The fourth-order valence-corrected chi connectivity index (χ4v) is 3.61. The fourth-order valence-electron chi connectivity index (χ4n) is 2.62. The van der Waals surface area contributed by atoms with Gasteiger partial charge in [-0.3, -0.25) is 0 Å². The maximum atomic E-state index is 10.6. The molecule has 2 aromatic heterocycles. The van der Waals surface area contributed by atoms with Crippen LogP contribution in [0.5, 0.6) is 0 Å². The lowest BCUT2D eigenvalue weighted by Crippen LogP contribution is -2.01. The molecule has 3 heteroatoms. The van der Waals surface area contributed by atoms with Gasteiger partial charge in [0.15, 0.2) is 0 Å². The molecule has 0 bridgehead atoms. The van der Waals surface area contributed by atoms with E-state index in [1.165, 1.54) is 9.75 Å². The molecule has 2 nitrogen and oxygen atoms in total. The Labute approximate surface area is 122 Å². The van der Waals surface area contributed by atoms with Gasteiger partial charge >= 0.3 is 0 Å². The summed E-state index contributed by atoms with van der Waals surface area (Å²) >= 11 is 1.78. The topological polar surface area (TPSA) is 33.4 Å². The third-order valence-corrected chi connectivity index (χ3v) is 4.86. The summed E-state index contributed by atoms with van der Waals surface area (Å²) in [5.41, 5.74) is 1.77. The van der Waals surface area contributed by atoms with Crippen molar-refractivity contribution in [1.82, 2.24) is 0 Å². The lowest BCUT2D eigenvalue weighted by atomic mass is 10.0. The predicted octanol–water partition coefficient (Wildman–Crippen LogP) is 4.64. The van der Waals surface area contributed by atoms with E-state index in [2.05, 4.69) is 19.1 Å². The molecule has 0 radical (unpaired) electrons. The molecule has 0 spiro atoms. The number of para-hydroxylation sites is 1. The lowest BCUT2D eigenvalue weighted by molar-refractivity contribution is 0.178. The van der Waals surface area contributed by atoms with Crippen LogP contribution in [0.25, 0.3) is 11.0 Å². The molecular formula is C17H18O2S. The first-order chi connectivity index (χ1) is 9.69. The van der Waals surface area contributed by atoms with Gasteiger partial charge in [-0.1, -0.05) is 25.1 Å².